The summed E-state index contributed by atoms with van der Waals surface area (Å²) in [6.45, 7) is 5.52. The van der Waals surface area contributed by atoms with E-state index in [9.17, 15) is 4.79 Å². The lowest BCUT2D eigenvalue weighted by molar-refractivity contribution is -0.133. The summed E-state index contributed by atoms with van der Waals surface area (Å²) < 4.78 is 0. The van der Waals surface area contributed by atoms with Crippen molar-refractivity contribution >= 4 is 5.78 Å². The molecule has 0 aromatic rings. The van der Waals surface area contributed by atoms with Gasteiger partial charge in [0.2, 0.25) is 0 Å². The smallest absolute Gasteiger partial charge is 0.142 e. The summed E-state index contributed by atoms with van der Waals surface area (Å²) >= 11 is 0. The zero-order valence-electron chi connectivity index (χ0n) is 5.11. The predicted octanol–water partition coefficient (Wildman–Crippen LogP) is 1.54. The minimum atomic E-state index is -0.153. The summed E-state index contributed by atoms with van der Waals surface area (Å²) in [5.41, 5.74) is -0.153. The SMILES string of the molecule is C=CC1(C)CCC1=O. The van der Waals surface area contributed by atoms with Gasteiger partial charge in [-0.1, -0.05) is 6.08 Å². The van der Waals surface area contributed by atoms with Crippen LogP contribution >= 0.6 is 0 Å². The molecule has 0 amide bonds. The van der Waals surface area contributed by atoms with Gasteiger partial charge in [0.1, 0.15) is 5.78 Å². The first-order chi connectivity index (χ1) is 3.69. The molecule has 0 aliphatic heterocycles. The van der Waals surface area contributed by atoms with Crippen molar-refractivity contribution in [1.29, 1.82) is 0 Å². The van der Waals surface area contributed by atoms with Crippen molar-refractivity contribution < 1.29 is 4.79 Å². The fourth-order valence-corrected chi connectivity index (χ4v) is 0.837. The molecule has 1 atom stereocenters. The van der Waals surface area contributed by atoms with Gasteiger partial charge in [0, 0.05) is 11.8 Å². The Morgan fingerprint density at radius 1 is 1.88 bits per heavy atom. The van der Waals surface area contributed by atoms with Crippen molar-refractivity contribution in [3.63, 3.8) is 0 Å². The molecule has 0 heterocycles. The van der Waals surface area contributed by atoms with Gasteiger partial charge in [-0.25, -0.2) is 0 Å². The van der Waals surface area contributed by atoms with E-state index in [0.717, 1.165) is 12.8 Å². The monoisotopic (exact) mass is 110 g/mol. The normalized spacial score (nSPS) is 36.4. The number of Topliss-reactive ketones (excluding diaryl/α,β-unsaturated/α-hetero) is 1. The third kappa shape index (κ3) is 0.507. The van der Waals surface area contributed by atoms with E-state index >= 15 is 0 Å². The Labute approximate surface area is 49.4 Å². The molecule has 1 aliphatic rings. The summed E-state index contributed by atoms with van der Waals surface area (Å²) in [6.07, 6.45) is 3.50. The van der Waals surface area contributed by atoms with Gasteiger partial charge in [-0.2, -0.15) is 0 Å². The van der Waals surface area contributed by atoms with E-state index in [0.29, 0.717) is 5.78 Å². The molecule has 1 nitrogen and oxygen atoms in total. The molecule has 1 aliphatic carbocycles. The topological polar surface area (TPSA) is 17.1 Å². The van der Waals surface area contributed by atoms with Crippen LogP contribution in [0.3, 0.4) is 0 Å². The van der Waals surface area contributed by atoms with E-state index in [1.807, 2.05) is 6.92 Å². The lowest BCUT2D eigenvalue weighted by Crippen LogP contribution is -2.35. The van der Waals surface area contributed by atoms with Crippen molar-refractivity contribution in [1.82, 2.24) is 0 Å². The molecule has 0 bridgehead atoms. The molecule has 1 saturated carbocycles. The van der Waals surface area contributed by atoms with E-state index in [2.05, 4.69) is 6.58 Å². The average molecular weight is 110 g/mol. The number of hydrogen-bond acceptors (Lipinski definition) is 1. The van der Waals surface area contributed by atoms with Crippen molar-refractivity contribution in [2.75, 3.05) is 0 Å². The predicted molar refractivity (Wildman–Crippen MR) is 32.5 cm³/mol. The molecular formula is C7H10O. The fraction of sp³-hybridized carbons (Fsp3) is 0.571. The number of allylic oxidation sites excluding steroid dienone is 1. The molecule has 1 unspecified atom stereocenters. The minimum absolute atomic E-state index is 0.153. The Bertz CT molecular complexity index is 137. The maximum atomic E-state index is 10.7. The van der Waals surface area contributed by atoms with Crippen LogP contribution in [0.2, 0.25) is 0 Å². The molecule has 0 aromatic carbocycles. The highest BCUT2D eigenvalue weighted by molar-refractivity contribution is 5.91. The second-order valence-corrected chi connectivity index (χ2v) is 2.54. The summed E-state index contributed by atoms with van der Waals surface area (Å²) in [6, 6.07) is 0. The van der Waals surface area contributed by atoms with Gasteiger partial charge in [-0.15, -0.1) is 6.58 Å². The van der Waals surface area contributed by atoms with Gasteiger partial charge in [0.05, 0.1) is 0 Å². The van der Waals surface area contributed by atoms with Gasteiger partial charge >= 0.3 is 0 Å². The third-order valence-electron chi connectivity index (χ3n) is 1.96. The Kier molecular flexibility index (Phi) is 0.999. The molecule has 44 valence electrons. The number of rotatable bonds is 1. The molecule has 1 heteroatoms. The Morgan fingerprint density at radius 3 is 2.50 bits per heavy atom. The van der Waals surface area contributed by atoms with Crippen molar-refractivity contribution in [2.24, 2.45) is 5.41 Å². The highest BCUT2D eigenvalue weighted by atomic mass is 16.1. The van der Waals surface area contributed by atoms with E-state index in [4.69, 9.17) is 0 Å². The highest BCUT2D eigenvalue weighted by Crippen LogP contribution is 2.37. The molecule has 0 radical (unpaired) electrons. The summed E-state index contributed by atoms with van der Waals surface area (Å²) in [4.78, 5) is 10.7. The molecule has 0 spiro atoms. The van der Waals surface area contributed by atoms with Crippen LogP contribution in [0, 0.1) is 5.41 Å². The van der Waals surface area contributed by atoms with Crippen molar-refractivity contribution in [3.8, 4) is 0 Å². The van der Waals surface area contributed by atoms with Crippen LogP contribution in [0.1, 0.15) is 19.8 Å². The zero-order valence-corrected chi connectivity index (χ0v) is 5.11. The summed E-state index contributed by atoms with van der Waals surface area (Å²) in [7, 11) is 0. The van der Waals surface area contributed by atoms with E-state index in [-0.39, 0.29) is 5.41 Å². The second kappa shape index (κ2) is 1.44. The highest BCUT2D eigenvalue weighted by Gasteiger charge is 2.37. The Hall–Kier alpha value is -0.590. The van der Waals surface area contributed by atoms with E-state index in [1.54, 1.807) is 6.08 Å². The zero-order chi connectivity index (χ0) is 6.20. The van der Waals surface area contributed by atoms with Crippen LogP contribution in [0.4, 0.5) is 0 Å². The third-order valence-corrected chi connectivity index (χ3v) is 1.96. The first-order valence-corrected chi connectivity index (χ1v) is 2.86. The van der Waals surface area contributed by atoms with Crippen LogP contribution < -0.4 is 0 Å². The maximum Gasteiger partial charge on any atom is 0.142 e. The lowest BCUT2D eigenvalue weighted by atomic mass is 9.69. The van der Waals surface area contributed by atoms with Gasteiger partial charge in [0.25, 0.3) is 0 Å². The first kappa shape index (κ1) is 5.54. The van der Waals surface area contributed by atoms with E-state index < -0.39 is 0 Å². The Balaban J connectivity index is 2.68. The number of carbonyl (C=O) groups excluding carboxylic acids is 1. The summed E-state index contributed by atoms with van der Waals surface area (Å²) in [5, 5.41) is 0. The Morgan fingerprint density at radius 2 is 2.50 bits per heavy atom. The first-order valence-electron chi connectivity index (χ1n) is 2.86. The van der Waals surface area contributed by atoms with Gasteiger partial charge in [-0.3, -0.25) is 4.79 Å². The molecule has 0 aromatic heterocycles. The molecule has 8 heavy (non-hydrogen) atoms. The molecule has 0 N–H and O–H groups in total. The second-order valence-electron chi connectivity index (χ2n) is 2.54. The lowest BCUT2D eigenvalue weighted by Gasteiger charge is -2.32. The average Bonchev–Trinajstić information content (AvgIpc) is 1.83. The van der Waals surface area contributed by atoms with Gasteiger partial charge in [0.15, 0.2) is 0 Å². The van der Waals surface area contributed by atoms with Crippen LogP contribution in [-0.4, -0.2) is 5.78 Å². The van der Waals surface area contributed by atoms with Gasteiger partial charge in [-0.05, 0) is 13.3 Å². The van der Waals surface area contributed by atoms with Crippen LogP contribution in [-0.2, 0) is 4.79 Å². The standard InChI is InChI=1S/C7H10O/c1-3-7(2)5-4-6(7)8/h3H,1,4-5H2,2H3. The van der Waals surface area contributed by atoms with Crippen LogP contribution in [0.15, 0.2) is 12.7 Å². The number of hydrogen-bond donors (Lipinski definition) is 0. The van der Waals surface area contributed by atoms with E-state index in [1.165, 1.54) is 0 Å². The number of carbonyl (C=O) groups is 1. The fourth-order valence-electron chi connectivity index (χ4n) is 0.837. The minimum Gasteiger partial charge on any atom is -0.299 e. The quantitative estimate of drug-likeness (QED) is 0.468. The molecular weight excluding hydrogens is 100 g/mol. The van der Waals surface area contributed by atoms with Gasteiger partial charge < -0.3 is 0 Å². The number of ketones is 1. The van der Waals surface area contributed by atoms with Crippen LogP contribution in [0.5, 0.6) is 0 Å². The molecule has 0 saturated heterocycles. The molecule has 1 fully saturated rings. The summed E-state index contributed by atoms with van der Waals surface area (Å²) in [5.74, 6) is 0.340. The van der Waals surface area contributed by atoms with Crippen molar-refractivity contribution in [3.05, 3.63) is 12.7 Å². The van der Waals surface area contributed by atoms with Crippen molar-refractivity contribution in [2.45, 2.75) is 19.8 Å². The maximum absolute atomic E-state index is 10.7. The van der Waals surface area contributed by atoms with Crippen LogP contribution in [0.25, 0.3) is 0 Å². The molecule has 1 rings (SSSR count). The largest absolute Gasteiger partial charge is 0.299 e.